The highest BCUT2D eigenvalue weighted by Crippen LogP contribution is 2.28. The van der Waals surface area contributed by atoms with Gasteiger partial charge in [0.05, 0.1) is 17.2 Å². The monoisotopic (exact) mass is 372 g/mol. The van der Waals surface area contributed by atoms with Crippen LogP contribution in [-0.2, 0) is 0 Å². The van der Waals surface area contributed by atoms with Gasteiger partial charge in [0.1, 0.15) is 0 Å². The van der Waals surface area contributed by atoms with E-state index in [0.717, 1.165) is 40.4 Å². The zero-order valence-electron chi connectivity index (χ0n) is 16.0. The highest BCUT2D eigenvalue weighted by Gasteiger charge is 2.20. The molecule has 28 heavy (non-hydrogen) atoms. The number of nitrogens with one attached hydrogen (secondary N) is 2. The average Bonchev–Trinajstić information content (AvgIpc) is 3.17. The van der Waals surface area contributed by atoms with Crippen LogP contribution >= 0.6 is 0 Å². The van der Waals surface area contributed by atoms with Crippen LogP contribution in [0.3, 0.4) is 0 Å². The molecule has 0 bridgehead atoms. The summed E-state index contributed by atoms with van der Waals surface area (Å²) in [6.07, 6.45) is 10.4. The number of hydrogen-bond donors (Lipinski definition) is 2. The van der Waals surface area contributed by atoms with Crippen LogP contribution in [0.15, 0.2) is 55.0 Å². The van der Waals surface area contributed by atoms with E-state index in [9.17, 15) is 0 Å². The number of pyridine rings is 1. The summed E-state index contributed by atoms with van der Waals surface area (Å²) in [5, 5.41) is 12.7. The number of anilines is 1. The number of aromatic nitrogens is 4. The molecule has 3 aromatic heterocycles. The average molecular weight is 372 g/mol. The van der Waals surface area contributed by atoms with Crippen molar-refractivity contribution in [1.29, 1.82) is 0 Å². The highest BCUT2D eigenvalue weighted by atomic mass is 15.3. The summed E-state index contributed by atoms with van der Waals surface area (Å²) < 4.78 is 1.91. The van der Waals surface area contributed by atoms with Gasteiger partial charge >= 0.3 is 0 Å². The fraction of sp³-hybridized carbons (Fsp3) is 0.318. The van der Waals surface area contributed by atoms with Crippen LogP contribution in [0.2, 0.25) is 0 Å². The maximum absolute atomic E-state index is 4.68. The number of benzene rings is 1. The first-order valence-corrected chi connectivity index (χ1v) is 9.93. The first kappa shape index (κ1) is 17.1. The third-order valence-corrected chi connectivity index (χ3v) is 5.80. The molecule has 0 radical (unpaired) electrons. The van der Waals surface area contributed by atoms with Gasteiger partial charge in [-0.2, -0.15) is 0 Å². The van der Waals surface area contributed by atoms with Gasteiger partial charge in [-0.1, -0.05) is 12.1 Å². The van der Waals surface area contributed by atoms with Crippen LogP contribution in [0.1, 0.15) is 25.7 Å². The van der Waals surface area contributed by atoms with Crippen molar-refractivity contribution in [2.45, 2.75) is 37.8 Å². The number of hydrogen-bond acceptors (Lipinski definition) is 5. The Hall–Kier alpha value is -2.99. The van der Waals surface area contributed by atoms with E-state index in [1.165, 1.54) is 12.8 Å². The Balaban J connectivity index is 1.40. The van der Waals surface area contributed by atoms with Gasteiger partial charge in [-0.15, -0.1) is 5.10 Å². The molecule has 5 rings (SSSR count). The van der Waals surface area contributed by atoms with Gasteiger partial charge in [0.2, 0.25) is 5.95 Å². The molecule has 0 saturated heterocycles. The van der Waals surface area contributed by atoms with Gasteiger partial charge in [0, 0.05) is 35.4 Å². The molecule has 0 aliphatic heterocycles. The normalized spacial score (nSPS) is 19.9. The minimum atomic E-state index is 0.449. The predicted octanol–water partition coefficient (Wildman–Crippen LogP) is 3.89. The van der Waals surface area contributed by atoms with Crippen molar-refractivity contribution >= 4 is 22.4 Å². The molecule has 2 N–H and O–H groups in total. The standard InChI is InChI=1S/C22H24N6/c1-23-17-5-7-18(8-6-17)26-22-25-14-21-19(10-12-28(21)27-22)15-4-9-20-16(13-15)3-2-11-24-20/h2-4,9-14,17-18,23H,5-8H2,1H3,(H,26,27)/t17-,18-. The summed E-state index contributed by atoms with van der Waals surface area (Å²) in [5.74, 6) is 0.699. The number of nitrogens with zero attached hydrogens (tertiary/aromatic N) is 4. The van der Waals surface area contributed by atoms with Crippen LogP contribution in [0, 0.1) is 0 Å². The van der Waals surface area contributed by atoms with Crippen molar-refractivity contribution in [3.63, 3.8) is 0 Å². The molecule has 6 nitrogen and oxygen atoms in total. The van der Waals surface area contributed by atoms with E-state index in [4.69, 9.17) is 0 Å². The minimum Gasteiger partial charge on any atom is -0.350 e. The topological polar surface area (TPSA) is 67.1 Å². The second kappa shape index (κ2) is 7.20. The summed E-state index contributed by atoms with van der Waals surface area (Å²) >= 11 is 0. The number of rotatable bonds is 4. The van der Waals surface area contributed by atoms with E-state index in [1.54, 1.807) is 0 Å². The maximum Gasteiger partial charge on any atom is 0.241 e. The Morgan fingerprint density at radius 3 is 2.71 bits per heavy atom. The van der Waals surface area contributed by atoms with Crippen LogP contribution in [0.25, 0.3) is 27.5 Å². The molecule has 1 fully saturated rings. The Labute approximate surface area is 164 Å². The molecule has 0 spiro atoms. The van der Waals surface area contributed by atoms with Crippen molar-refractivity contribution < 1.29 is 0 Å². The lowest BCUT2D eigenvalue weighted by Gasteiger charge is -2.28. The van der Waals surface area contributed by atoms with Crippen molar-refractivity contribution in [2.75, 3.05) is 12.4 Å². The summed E-state index contributed by atoms with van der Waals surface area (Å²) in [6, 6.07) is 13.6. The first-order valence-electron chi connectivity index (χ1n) is 9.93. The summed E-state index contributed by atoms with van der Waals surface area (Å²) in [4.78, 5) is 8.99. The van der Waals surface area contributed by atoms with Crippen molar-refractivity contribution in [2.24, 2.45) is 0 Å². The third kappa shape index (κ3) is 3.20. The number of fused-ring (bicyclic) bond motifs is 2. The second-order valence-corrected chi connectivity index (χ2v) is 7.53. The molecule has 1 saturated carbocycles. The molecule has 6 heteroatoms. The zero-order chi connectivity index (χ0) is 18.9. The van der Waals surface area contributed by atoms with Crippen molar-refractivity contribution in [3.05, 3.63) is 55.0 Å². The molecule has 3 heterocycles. The smallest absolute Gasteiger partial charge is 0.241 e. The van der Waals surface area contributed by atoms with Crippen LogP contribution in [0.5, 0.6) is 0 Å². The first-order chi connectivity index (χ1) is 13.8. The molecular formula is C22H24N6. The van der Waals surface area contributed by atoms with Gasteiger partial charge in [0.15, 0.2) is 0 Å². The van der Waals surface area contributed by atoms with Crippen LogP contribution in [-0.4, -0.2) is 38.7 Å². The molecule has 0 atom stereocenters. The molecule has 142 valence electrons. The summed E-state index contributed by atoms with van der Waals surface area (Å²) in [7, 11) is 2.05. The van der Waals surface area contributed by atoms with E-state index in [1.807, 2.05) is 36.2 Å². The minimum absolute atomic E-state index is 0.449. The van der Waals surface area contributed by atoms with Crippen LogP contribution in [0.4, 0.5) is 5.95 Å². The van der Waals surface area contributed by atoms with Gasteiger partial charge < -0.3 is 10.6 Å². The highest BCUT2D eigenvalue weighted by molar-refractivity contribution is 5.88. The Morgan fingerprint density at radius 1 is 1.00 bits per heavy atom. The van der Waals surface area contributed by atoms with Crippen molar-refractivity contribution in [3.8, 4) is 11.1 Å². The fourth-order valence-corrected chi connectivity index (χ4v) is 4.16. The zero-order valence-corrected chi connectivity index (χ0v) is 16.0. The lowest BCUT2D eigenvalue weighted by atomic mass is 9.91. The molecular weight excluding hydrogens is 348 g/mol. The van der Waals surface area contributed by atoms with E-state index in [2.05, 4.69) is 56.0 Å². The van der Waals surface area contributed by atoms with Gasteiger partial charge in [-0.25, -0.2) is 9.50 Å². The predicted molar refractivity (Wildman–Crippen MR) is 112 cm³/mol. The second-order valence-electron chi connectivity index (χ2n) is 7.53. The van der Waals surface area contributed by atoms with E-state index < -0.39 is 0 Å². The van der Waals surface area contributed by atoms with Gasteiger partial charge in [0.25, 0.3) is 0 Å². The van der Waals surface area contributed by atoms with E-state index >= 15 is 0 Å². The molecule has 0 unspecified atom stereocenters. The van der Waals surface area contributed by atoms with Gasteiger partial charge in [-0.3, -0.25) is 4.98 Å². The maximum atomic E-state index is 4.68. The molecule has 1 aliphatic carbocycles. The van der Waals surface area contributed by atoms with E-state index in [-0.39, 0.29) is 0 Å². The molecule has 1 aliphatic rings. The lowest BCUT2D eigenvalue weighted by molar-refractivity contribution is 0.370. The fourth-order valence-electron chi connectivity index (χ4n) is 4.16. The van der Waals surface area contributed by atoms with Crippen molar-refractivity contribution in [1.82, 2.24) is 24.9 Å². The van der Waals surface area contributed by atoms with E-state index in [0.29, 0.717) is 18.0 Å². The summed E-state index contributed by atoms with van der Waals surface area (Å²) in [6.45, 7) is 0. The quantitative estimate of drug-likeness (QED) is 0.569. The van der Waals surface area contributed by atoms with Gasteiger partial charge in [-0.05, 0) is 62.6 Å². The molecule has 1 aromatic carbocycles. The largest absolute Gasteiger partial charge is 0.350 e. The third-order valence-electron chi connectivity index (χ3n) is 5.80. The Morgan fingerprint density at radius 2 is 1.86 bits per heavy atom. The molecule has 4 aromatic rings. The SMILES string of the molecule is CN[C@H]1CC[C@H](Nc2ncc3c(-c4ccc5ncccc5c4)ccn3n2)CC1. The Kier molecular flexibility index (Phi) is 4.41. The lowest BCUT2D eigenvalue weighted by Crippen LogP contribution is -2.35. The summed E-state index contributed by atoms with van der Waals surface area (Å²) in [5.41, 5.74) is 4.29. The van der Waals surface area contributed by atoms with Crippen LogP contribution < -0.4 is 10.6 Å². The Bertz CT molecular complexity index is 1110. The molecule has 0 amide bonds.